The second-order valence-electron chi connectivity index (χ2n) is 5.19. The molecule has 0 atom stereocenters. The maximum Gasteiger partial charge on any atom is 0.267 e. The maximum atomic E-state index is 12.3. The molecule has 0 fully saturated rings. The van der Waals surface area contributed by atoms with Gasteiger partial charge in [-0.15, -0.1) is 11.3 Å². The van der Waals surface area contributed by atoms with Crippen LogP contribution in [0.4, 0.5) is 0 Å². The van der Waals surface area contributed by atoms with Gasteiger partial charge in [-0.25, -0.2) is 0 Å². The molecule has 2 aromatic heterocycles. The SMILES string of the molecule is Cc1cccc(-c2cc(-c3ccc(C)s3)c(C#N)c(=O)[nH]2)c1. The van der Waals surface area contributed by atoms with Crippen LogP contribution in [-0.4, -0.2) is 4.98 Å². The van der Waals surface area contributed by atoms with Gasteiger partial charge in [0.05, 0.1) is 0 Å². The van der Waals surface area contributed by atoms with Gasteiger partial charge in [0.1, 0.15) is 11.6 Å². The highest BCUT2D eigenvalue weighted by Crippen LogP contribution is 2.31. The molecule has 0 unspecified atom stereocenters. The zero-order chi connectivity index (χ0) is 15.7. The van der Waals surface area contributed by atoms with Crippen LogP contribution in [0.15, 0.2) is 47.3 Å². The number of nitrogens with zero attached hydrogens (tertiary/aromatic N) is 1. The Hall–Kier alpha value is -2.64. The third kappa shape index (κ3) is 2.59. The number of nitrogens with one attached hydrogen (secondary N) is 1. The van der Waals surface area contributed by atoms with E-state index in [1.165, 1.54) is 0 Å². The number of hydrogen-bond acceptors (Lipinski definition) is 3. The Morgan fingerprint density at radius 2 is 1.95 bits per heavy atom. The Labute approximate surface area is 132 Å². The summed E-state index contributed by atoms with van der Waals surface area (Å²) in [5.74, 6) is 0. The molecule has 108 valence electrons. The molecule has 2 heterocycles. The quantitative estimate of drug-likeness (QED) is 0.769. The van der Waals surface area contributed by atoms with E-state index >= 15 is 0 Å². The highest BCUT2D eigenvalue weighted by Gasteiger charge is 2.13. The average molecular weight is 306 g/mol. The first-order valence-electron chi connectivity index (χ1n) is 6.90. The fourth-order valence-electron chi connectivity index (χ4n) is 2.41. The molecule has 0 aliphatic heterocycles. The first kappa shape index (κ1) is 14.3. The number of benzene rings is 1. The Morgan fingerprint density at radius 1 is 1.14 bits per heavy atom. The lowest BCUT2D eigenvalue weighted by molar-refractivity contribution is 1.22. The summed E-state index contributed by atoms with van der Waals surface area (Å²) < 4.78 is 0. The number of nitriles is 1. The number of H-pyrrole nitrogens is 1. The smallest absolute Gasteiger partial charge is 0.267 e. The van der Waals surface area contributed by atoms with E-state index in [-0.39, 0.29) is 11.1 Å². The van der Waals surface area contributed by atoms with Crippen molar-refractivity contribution in [1.29, 1.82) is 5.26 Å². The molecule has 3 nitrogen and oxygen atoms in total. The van der Waals surface area contributed by atoms with E-state index in [1.54, 1.807) is 11.3 Å². The summed E-state index contributed by atoms with van der Waals surface area (Å²) in [5.41, 5.74) is 3.31. The van der Waals surface area contributed by atoms with Crippen LogP contribution in [0.25, 0.3) is 21.7 Å². The van der Waals surface area contributed by atoms with Crippen LogP contribution in [0.1, 0.15) is 16.0 Å². The molecular formula is C18H14N2OS. The largest absolute Gasteiger partial charge is 0.321 e. The van der Waals surface area contributed by atoms with Crippen molar-refractivity contribution in [3.8, 4) is 27.8 Å². The van der Waals surface area contributed by atoms with Crippen LogP contribution >= 0.6 is 11.3 Å². The first-order chi connectivity index (χ1) is 10.6. The standard InChI is InChI=1S/C18H14N2OS/c1-11-4-3-5-13(8-11)16-9-14(15(10-19)18(21)20-16)17-7-6-12(2)22-17/h3-9H,1-2H3,(H,20,21). The Kier molecular flexibility index (Phi) is 3.66. The highest BCUT2D eigenvalue weighted by molar-refractivity contribution is 7.15. The van der Waals surface area contributed by atoms with E-state index in [2.05, 4.69) is 4.98 Å². The van der Waals surface area contributed by atoms with E-state index in [0.29, 0.717) is 5.56 Å². The van der Waals surface area contributed by atoms with Gasteiger partial charge in [-0.3, -0.25) is 4.79 Å². The van der Waals surface area contributed by atoms with Gasteiger partial charge in [-0.2, -0.15) is 5.26 Å². The molecule has 4 heteroatoms. The van der Waals surface area contributed by atoms with Crippen molar-refractivity contribution in [3.63, 3.8) is 0 Å². The molecule has 1 aromatic carbocycles. The van der Waals surface area contributed by atoms with Gasteiger partial charge in [-0.05, 0) is 43.7 Å². The molecular weight excluding hydrogens is 292 g/mol. The van der Waals surface area contributed by atoms with Crippen molar-refractivity contribution in [1.82, 2.24) is 4.98 Å². The predicted molar refractivity (Wildman–Crippen MR) is 90.0 cm³/mol. The van der Waals surface area contributed by atoms with Gasteiger partial charge in [0.25, 0.3) is 5.56 Å². The van der Waals surface area contributed by atoms with Crippen molar-refractivity contribution in [2.45, 2.75) is 13.8 Å². The number of pyridine rings is 1. The summed E-state index contributed by atoms with van der Waals surface area (Å²) in [6.07, 6.45) is 0. The molecule has 3 rings (SSSR count). The van der Waals surface area contributed by atoms with E-state index in [1.807, 2.05) is 62.4 Å². The average Bonchev–Trinajstić information content (AvgIpc) is 2.93. The maximum absolute atomic E-state index is 12.3. The molecule has 0 aliphatic rings. The lowest BCUT2D eigenvalue weighted by atomic mass is 10.0. The van der Waals surface area contributed by atoms with Crippen molar-refractivity contribution in [2.24, 2.45) is 0 Å². The topological polar surface area (TPSA) is 56.6 Å². The van der Waals surface area contributed by atoms with Crippen LogP contribution in [0, 0.1) is 25.2 Å². The van der Waals surface area contributed by atoms with E-state index < -0.39 is 0 Å². The van der Waals surface area contributed by atoms with Crippen LogP contribution in [0.2, 0.25) is 0 Å². The third-order valence-corrected chi connectivity index (χ3v) is 4.51. The van der Waals surface area contributed by atoms with E-state index in [0.717, 1.165) is 26.6 Å². The molecule has 0 aliphatic carbocycles. The molecule has 0 radical (unpaired) electrons. The summed E-state index contributed by atoms with van der Waals surface area (Å²) in [7, 11) is 0. The monoisotopic (exact) mass is 306 g/mol. The van der Waals surface area contributed by atoms with Crippen LogP contribution in [0.5, 0.6) is 0 Å². The predicted octanol–water partition coefficient (Wildman–Crippen LogP) is 4.26. The molecule has 22 heavy (non-hydrogen) atoms. The van der Waals surface area contributed by atoms with Gasteiger partial charge < -0.3 is 4.98 Å². The van der Waals surface area contributed by atoms with Crippen molar-refractivity contribution in [3.05, 3.63) is 68.8 Å². The Bertz CT molecular complexity index is 944. The Morgan fingerprint density at radius 3 is 2.59 bits per heavy atom. The molecule has 0 spiro atoms. The van der Waals surface area contributed by atoms with Crippen LogP contribution < -0.4 is 5.56 Å². The first-order valence-corrected chi connectivity index (χ1v) is 7.71. The Balaban J connectivity index is 2.26. The number of aromatic amines is 1. The van der Waals surface area contributed by atoms with Crippen molar-refractivity contribution >= 4 is 11.3 Å². The van der Waals surface area contributed by atoms with E-state index in [9.17, 15) is 10.1 Å². The number of thiophene rings is 1. The van der Waals surface area contributed by atoms with Crippen LogP contribution in [-0.2, 0) is 0 Å². The normalized spacial score (nSPS) is 10.4. The fraction of sp³-hybridized carbons (Fsp3) is 0.111. The summed E-state index contributed by atoms with van der Waals surface area (Å²) in [4.78, 5) is 17.2. The van der Waals surface area contributed by atoms with Gasteiger partial charge in [-0.1, -0.05) is 23.8 Å². The second-order valence-corrected chi connectivity index (χ2v) is 6.48. The summed E-state index contributed by atoms with van der Waals surface area (Å²) >= 11 is 1.58. The fourth-order valence-corrected chi connectivity index (χ4v) is 3.30. The molecule has 3 aromatic rings. The minimum Gasteiger partial charge on any atom is -0.321 e. The lowest BCUT2D eigenvalue weighted by Crippen LogP contribution is -2.12. The molecule has 0 saturated carbocycles. The number of aryl methyl sites for hydroxylation is 2. The lowest BCUT2D eigenvalue weighted by Gasteiger charge is -2.07. The third-order valence-electron chi connectivity index (χ3n) is 3.48. The van der Waals surface area contributed by atoms with Gasteiger partial charge in [0.15, 0.2) is 0 Å². The minimum atomic E-state index is -0.345. The summed E-state index contributed by atoms with van der Waals surface area (Å²) in [6, 6.07) is 15.8. The highest BCUT2D eigenvalue weighted by atomic mass is 32.1. The zero-order valence-electron chi connectivity index (χ0n) is 12.3. The van der Waals surface area contributed by atoms with Crippen LogP contribution in [0.3, 0.4) is 0 Å². The summed E-state index contributed by atoms with van der Waals surface area (Å²) in [5, 5.41) is 9.31. The molecule has 0 saturated heterocycles. The molecule has 0 bridgehead atoms. The van der Waals surface area contributed by atoms with E-state index in [4.69, 9.17) is 0 Å². The molecule has 0 amide bonds. The van der Waals surface area contributed by atoms with Gasteiger partial charge in [0.2, 0.25) is 0 Å². The van der Waals surface area contributed by atoms with Gasteiger partial charge in [0, 0.05) is 21.0 Å². The zero-order valence-corrected chi connectivity index (χ0v) is 13.1. The summed E-state index contributed by atoms with van der Waals surface area (Å²) in [6.45, 7) is 4.02. The number of rotatable bonds is 2. The van der Waals surface area contributed by atoms with Crippen molar-refractivity contribution < 1.29 is 0 Å². The number of aromatic nitrogens is 1. The second kappa shape index (κ2) is 5.63. The minimum absolute atomic E-state index is 0.165. The van der Waals surface area contributed by atoms with Gasteiger partial charge >= 0.3 is 0 Å². The van der Waals surface area contributed by atoms with Crippen molar-refractivity contribution in [2.75, 3.05) is 0 Å². The molecule has 1 N–H and O–H groups in total. The number of hydrogen-bond donors (Lipinski definition) is 1.